The predicted octanol–water partition coefficient (Wildman–Crippen LogP) is 2.29. The molecule has 0 aromatic heterocycles. The van der Waals surface area contributed by atoms with Gasteiger partial charge in [-0.05, 0) is 24.0 Å². The van der Waals surface area contributed by atoms with Gasteiger partial charge in [0.2, 0.25) is 11.1 Å². The van der Waals surface area contributed by atoms with Crippen molar-refractivity contribution in [1.82, 2.24) is 5.32 Å². The molecular formula is C13H18ClNO2. The lowest BCUT2D eigenvalue weighted by Crippen LogP contribution is -2.41. The molecular weight excluding hydrogens is 238 g/mol. The van der Waals surface area contributed by atoms with E-state index in [-0.39, 0.29) is 5.91 Å². The SMILES string of the molecule is CCc1cccc(CC)c1C(O)(Cl)NC(C)=O. The number of carbonyl (C=O) groups excluding carboxylic acids is 1. The molecule has 2 N–H and O–H groups in total. The van der Waals surface area contributed by atoms with Gasteiger partial charge in [0, 0.05) is 12.5 Å². The van der Waals surface area contributed by atoms with Crippen LogP contribution in [0.1, 0.15) is 37.5 Å². The zero-order chi connectivity index (χ0) is 13.1. The largest absolute Gasteiger partial charge is 0.355 e. The summed E-state index contributed by atoms with van der Waals surface area (Å²) in [5.41, 5.74) is 2.48. The van der Waals surface area contributed by atoms with Crippen LogP contribution in [-0.4, -0.2) is 11.0 Å². The van der Waals surface area contributed by atoms with E-state index < -0.39 is 5.18 Å². The number of benzene rings is 1. The van der Waals surface area contributed by atoms with Crippen LogP contribution >= 0.6 is 11.6 Å². The molecule has 0 heterocycles. The molecule has 0 aliphatic rings. The van der Waals surface area contributed by atoms with Crippen LogP contribution in [0.15, 0.2) is 18.2 Å². The van der Waals surface area contributed by atoms with Crippen LogP contribution in [0.5, 0.6) is 0 Å². The van der Waals surface area contributed by atoms with Crippen molar-refractivity contribution in [2.45, 2.75) is 38.8 Å². The zero-order valence-electron chi connectivity index (χ0n) is 10.4. The van der Waals surface area contributed by atoms with E-state index in [2.05, 4.69) is 5.32 Å². The molecule has 1 unspecified atom stereocenters. The third-order valence-electron chi connectivity index (χ3n) is 2.67. The number of carbonyl (C=O) groups is 1. The average molecular weight is 256 g/mol. The van der Waals surface area contributed by atoms with Gasteiger partial charge in [0.1, 0.15) is 0 Å². The fourth-order valence-electron chi connectivity index (χ4n) is 1.96. The molecule has 0 fully saturated rings. The van der Waals surface area contributed by atoms with E-state index in [1.54, 1.807) is 0 Å². The molecule has 4 heteroatoms. The highest BCUT2D eigenvalue weighted by Crippen LogP contribution is 2.30. The van der Waals surface area contributed by atoms with Gasteiger partial charge >= 0.3 is 0 Å². The molecule has 1 aromatic carbocycles. The van der Waals surface area contributed by atoms with Gasteiger partial charge in [-0.3, -0.25) is 4.79 Å². The number of hydrogen-bond donors (Lipinski definition) is 2. The van der Waals surface area contributed by atoms with Crippen molar-refractivity contribution in [1.29, 1.82) is 0 Å². The van der Waals surface area contributed by atoms with Gasteiger partial charge in [-0.1, -0.05) is 43.6 Å². The summed E-state index contributed by atoms with van der Waals surface area (Å²) in [6.07, 6.45) is 1.50. The molecule has 0 bridgehead atoms. The molecule has 3 nitrogen and oxygen atoms in total. The Labute approximate surface area is 107 Å². The highest BCUT2D eigenvalue weighted by atomic mass is 35.5. The van der Waals surface area contributed by atoms with Crippen molar-refractivity contribution in [3.63, 3.8) is 0 Å². The van der Waals surface area contributed by atoms with Gasteiger partial charge in [0.05, 0.1) is 0 Å². The molecule has 17 heavy (non-hydrogen) atoms. The number of halogens is 1. The van der Waals surface area contributed by atoms with E-state index in [9.17, 15) is 9.90 Å². The van der Waals surface area contributed by atoms with Crippen molar-refractivity contribution < 1.29 is 9.90 Å². The monoisotopic (exact) mass is 255 g/mol. The Balaban J connectivity index is 3.30. The van der Waals surface area contributed by atoms with Crippen molar-refractivity contribution in [3.05, 3.63) is 34.9 Å². The Morgan fingerprint density at radius 1 is 1.35 bits per heavy atom. The minimum absolute atomic E-state index is 0.365. The molecule has 1 aromatic rings. The second-order valence-electron chi connectivity index (χ2n) is 3.96. The first-order valence-corrected chi connectivity index (χ1v) is 6.11. The Kier molecular flexibility index (Phi) is 4.54. The summed E-state index contributed by atoms with van der Waals surface area (Å²) in [5, 5.41) is 10.8. The maximum absolute atomic E-state index is 11.1. The third-order valence-corrected chi connectivity index (χ3v) is 2.96. The lowest BCUT2D eigenvalue weighted by atomic mass is 9.96. The standard InChI is InChI=1S/C13H18ClNO2/c1-4-10-7-6-8-11(5-2)12(10)13(14,17)15-9(3)16/h6-8,17H,4-5H2,1-3H3,(H,15,16). The van der Waals surface area contributed by atoms with Crippen LogP contribution in [0.3, 0.4) is 0 Å². The number of alkyl halides is 1. The minimum Gasteiger partial charge on any atom is -0.355 e. The Morgan fingerprint density at radius 3 is 2.18 bits per heavy atom. The summed E-state index contributed by atoms with van der Waals surface area (Å²) in [6.45, 7) is 5.30. The summed E-state index contributed by atoms with van der Waals surface area (Å²) < 4.78 is 0. The fraction of sp³-hybridized carbons (Fsp3) is 0.462. The second-order valence-corrected chi connectivity index (χ2v) is 4.51. The normalized spacial score (nSPS) is 14.2. The lowest BCUT2D eigenvalue weighted by Gasteiger charge is -2.26. The maximum Gasteiger partial charge on any atom is 0.244 e. The summed E-state index contributed by atoms with van der Waals surface area (Å²) >= 11 is 6.05. The van der Waals surface area contributed by atoms with Crippen molar-refractivity contribution in [3.8, 4) is 0 Å². The third kappa shape index (κ3) is 3.20. The van der Waals surface area contributed by atoms with Crippen LogP contribution in [0.25, 0.3) is 0 Å². The van der Waals surface area contributed by atoms with Crippen LogP contribution in [0, 0.1) is 0 Å². The maximum atomic E-state index is 11.1. The van der Waals surface area contributed by atoms with Crippen LogP contribution < -0.4 is 5.32 Å². The number of amides is 1. The van der Waals surface area contributed by atoms with Crippen LogP contribution in [0.2, 0.25) is 0 Å². The van der Waals surface area contributed by atoms with Gasteiger partial charge in [0.25, 0.3) is 0 Å². The van der Waals surface area contributed by atoms with Gasteiger partial charge in [-0.2, -0.15) is 0 Å². The van der Waals surface area contributed by atoms with Crippen LogP contribution in [0.4, 0.5) is 0 Å². The average Bonchev–Trinajstić information content (AvgIpc) is 2.26. The first-order valence-electron chi connectivity index (χ1n) is 5.73. The van der Waals surface area contributed by atoms with Gasteiger partial charge < -0.3 is 10.4 Å². The summed E-state index contributed by atoms with van der Waals surface area (Å²) in [6, 6.07) is 5.75. The summed E-state index contributed by atoms with van der Waals surface area (Å²) in [7, 11) is 0. The first kappa shape index (κ1) is 14.0. The molecule has 0 aliphatic heterocycles. The van der Waals surface area contributed by atoms with E-state index in [1.165, 1.54) is 6.92 Å². The van der Waals surface area contributed by atoms with Crippen LogP contribution in [-0.2, 0) is 22.8 Å². The lowest BCUT2D eigenvalue weighted by molar-refractivity contribution is -0.123. The molecule has 0 spiro atoms. The number of aryl methyl sites for hydroxylation is 2. The van der Waals surface area contributed by atoms with Gasteiger partial charge in [-0.15, -0.1) is 0 Å². The van der Waals surface area contributed by atoms with Gasteiger partial charge in [0.15, 0.2) is 0 Å². The van der Waals surface area contributed by atoms with E-state index in [4.69, 9.17) is 11.6 Å². The fourth-order valence-corrected chi connectivity index (χ4v) is 2.34. The molecule has 1 rings (SSSR count). The molecule has 0 aliphatic carbocycles. The smallest absolute Gasteiger partial charge is 0.244 e. The quantitative estimate of drug-likeness (QED) is 0.493. The molecule has 94 valence electrons. The van der Waals surface area contributed by atoms with Crippen molar-refractivity contribution in [2.75, 3.05) is 0 Å². The number of nitrogens with one attached hydrogen (secondary N) is 1. The summed E-state index contributed by atoms with van der Waals surface area (Å²) in [5.74, 6) is -0.365. The van der Waals surface area contributed by atoms with E-state index in [0.29, 0.717) is 5.56 Å². The van der Waals surface area contributed by atoms with E-state index in [1.807, 2.05) is 32.0 Å². The highest BCUT2D eigenvalue weighted by Gasteiger charge is 2.31. The minimum atomic E-state index is -1.83. The number of hydrogen-bond acceptors (Lipinski definition) is 2. The molecule has 1 amide bonds. The topological polar surface area (TPSA) is 49.3 Å². The molecule has 0 radical (unpaired) electrons. The highest BCUT2D eigenvalue weighted by molar-refractivity contribution is 6.23. The first-order chi connectivity index (χ1) is 7.92. The zero-order valence-corrected chi connectivity index (χ0v) is 11.1. The van der Waals surface area contributed by atoms with E-state index >= 15 is 0 Å². The van der Waals surface area contributed by atoms with Crippen molar-refractivity contribution in [2.24, 2.45) is 0 Å². The Hall–Kier alpha value is -1.06. The summed E-state index contributed by atoms with van der Waals surface area (Å²) in [4.78, 5) is 11.1. The molecule has 0 saturated heterocycles. The van der Waals surface area contributed by atoms with Crippen molar-refractivity contribution >= 4 is 17.5 Å². The number of rotatable bonds is 4. The predicted molar refractivity (Wildman–Crippen MR) is 68.8 cm³/mol. The molecule has 0 saturated carbocycles. The molecule has 1 atom stereocenters. The Morgan fingerprint density at radius 2 is 1.82 bits per heavy atom. The second kappa shape index (κ2) is 5.52. The van der Waals surface area contributed by atoms with E-state index in [0.717, 1.165) is 24.0 Å². The Bertz CT molecular complexity index is 394. The van der Waals surface area contributed by atoms with Gasteiger partial charge in [-0.25, -0.2) is 0 Å². The number of aliphatic hydroxyl groups is 1.